The molecule has 2 rings (SSSR count). The molecule has 0 aliphatic rings. The van der Waals surface area contributed by atoms with E-state index < -0.39 is 23.4 Å². The van der Waals surface area contributed by atoms with E-state index in [4.69, 9.17) is 17.3 Å². The van der Waals surface area contributed by atoms with Gasteiger partial charge in [0.2, 0.25) is 0 Å². The first kappa shape index (κ1) is 16.4. The molecule has 0 aliphatic heterocycles. The first-order valence-corrected chi connectivity index (χ1v) is 6.72. The molecule has 8 heteroatoms. The third-order valence-corrected chi connectivity index (χ3v) is 3.02. The molecule has 0 aromatic heterocycles. The Labute approximate surface area is 135 Å². The van der Waals surface area contributed by atoms with Crippen molar-refractivity contribution in [2.45, 2.75) is 0 Å². The van der Waals surface area contributed by atoms with Crippen LogP contribution in [0.1, 0.15) is 20.7 Å². The maximum Gasteiger partial charge on any atom is 0.339 e. The van der Waals surface area contributed by atoms with Crippen molar-refractivity contribution in [2.24, 2.45) is 0 Å². The molecule has 0 unspecified atom stereocenters. The minimum atomic E-state index is -1.26. The van der Waals surface area contributed by atoms with Gasteiger partial charge in [-0.05, 0) is 48.6 Å². The van der Waals surface area contributed by atoms with E-state index in [1.165, 1.54) is 30.3 Å². The molecule has 0 radical (unpaired) electrons. The van der Waals surface area contributed by atoms with Crippen LogP contribution in [0.15, 0.2) is 42.5 Å². The predicted molar refractivity (Wildman–Crippen MR) is 85.2 cm³/mol. The van der Waals surface area contributed by atoms with Crippen LogP contribution in [0.5, 0.6) is 5.75 Å². The number of hydrogen-bond donors (Lipinski definition) is 4. The van der Waals surface area contributed by atoms with Gasteiger partial charge in [-0.25, -0.2) is 9.18 Å². The molecule has 0 spiro atoms. The maximum absolute atomic E-state index is 12.8. The van der Waals surface area contributed by atoms with Gasteiger partial charge in [0, 0.05) is 17.3 Å². The normalized spacial score (nSPS) is 9.96. The molecule has 1 amide bonds. The number of amides is 1. The highest BCUT2D eigenvalue weighted by Crippen LogP contribution is 2.21. The van der Waals surface area contributed by atoms with E-state index in [1.54, 1.807) is 0 Å². The lowest BCUT2D eigenvalue weighted by Crippen LogP contribution is -2.34. The number of benzene rings is 2. The largest absolute Gasteiger partial charge is 0.507 e. The van der Waals surface area contributed by atoms with Crippen molar-refractivity contribution in [1.29, 1.82) is 0 Å². The Balaban J connectivity index is 2.02. The van der Waals surface area contributed by atoms with Crippen LogP contribution in [0.2, 0.25) is 0 Å². The molecular formula is C15H11FN2O4S. The molecule has 2 aromatic rings. The Morgan fingerprint density at radius 2 is 1.74 bits per heavy atom. The second-order valence-electron chi connectivity index (χ2n) is 4.45. The smallest absolute Gasteiger partial charge is 0.339 e. The number of carboxylic acid groups (broad SMARTS) is 1. The number of anilines is 1. The number of phenols is 1. The van der Waals surface area contributed by atoms with Gasteiger partial charge in [-0.3, -0.25) is 10.1 Å². The van der Waals surface area contributed by atoms with Crippen LogP contribution in [-0.4, -0.2) is 27.2 Å². The summed E-state index contributed by atoms with van der Waals surface area (Å²) in [4.78, 5) is 22.7. The molecule has 6 nitrogen and oxygen atoms in total. The van der Waals surface area contributed by atoms with Gasteiger partial charge in [0.05, 0.1) is 0 Å². The zero-order valence-corrected chi connectivity index (χ0v) is 12.4. The molecule has 0 bridgehead atoms. The summed E-state index contributed by atoms with van der Waals surface area (Å²) in [5, 5.41) is 23.3. The Kier molecular flexibility index (Phi) is 4.87. The number of halogens is 1. The third-order valence-electron chi connectivity index (χ3n) is 2.82. The summed E-state index contributed by atoms with van der Waals surface area (Å²) < 4.78 is 12.8. The predicted octanol–water partition coefficient (Wildman–Crippen LogP) is 2.36. The minimum absolute atomic E-state index is 0.0539. The first-order chi connectivity index (χ1) is 10.9. The highest BCUT2D eigenvalue weighted by atomic mass is 32.1. The summed E-state index contributed by atoms with van der Waals surface area (Å²) in [6.45, 7) is 0. The summed E-state index contributed by atoms with van der Waals surface area (Å²) in [6, 6.07) is 8.66. The van der Waals surface area contributed by atoms with Crippen molar-refractivity contribution in [3.63, 3.8) is 0 Å². The fourth-order valence-corrected chi connectivity index (χ4v) is 1.94. The van der Waals surface area contributed by atoms with Crippen LogP contribution in [0.4, 0.5) is 10.1 Å². The standard InChI is InChI=1S/C15H11FN2O4S/c16-9-3-1-8(2-4-9)13(20)18-15(23)17-10-5-6-11(14(21)22)12(19)7-10/h1-7,19H,(H,21,22)(H2,17,18,20,23). The van der Waals surface area contributed by atoms with Crippen LogP contribution in [0.3, 0.4) is 0 Å². The Hall–Kier alpha value is -3.00. The first-order valence-electron chi connectivity index (χ1n) is 6.31. The van der Waals surface area contributed by atoms with Gasteiger partial charge >= 0.3 is 5.97 Å². The monoisotopic (exact) mass is 334 g/mol. The Morgan fingerprint density at radius 3 is 2.30 bits per heavy atom. The molecule has 0 fully saturated rings. The number of carbonyl (C=O) groups is 2. The number of aromatic carboxylic acids is 1. The van der Waals surface area contributed by atoms with Gasteiger partial charge in [-0.1, -0.05) is 0 Å². The molecule has 2 aromatic carbocycles. The van der Waals surface area contributed by atoms with E-state index >= 15 is 0 Å². The average molecular weight is 334 g/mol. The van der Waals surface area contributed by atoms with Crippen molar-refractivity contribution in [3.8, 4) is 5.75 Å². The molecule has 0 saturated heterocycles. The summed E-state index contributed by atoms with van der Waals surface area (Å²) in [6.07, 6.45) is 0. The van der Waals surface area contributed by atoms with Crippen molar-refractivity contribution in [3.05, 3.63) is 59.4 Å². The fourth-order valence-electron chi connectivity index (χ4n) is 1.73. The molecule has 0 saturated carbocycles. The van der Waals surface area contributed by atoms with E-state index in [0.717, 1.165) is 12.1 Å². The molecule has 4 N–H and O–H groups in total. The SMILES string of the molecule is O=C(NC(=S)Nc1ccc(C(=O)O)c(O)c1)c1ccc(F)cc1. The molecular weight excluding hydrogens is 323 g/mol. The number of nitrogens with one attached hydrogen (secondary N) is 2. The molecule has 118 valence electrons. The van der Waals surface area contributed by atoms with Crippen LogP contribution >= 0.6 is 12.2 Å². The van der Waals surface area contributed by atoms with E-state index in [0.29, 0.717) is 5.69 Å². The van der Waals surface area contributed by atoms with Crippen LogP contribution < -0.4 is 10.6 Å². The van der Waals surface area contributed by atoms with Crippen molar-refractivity contribution >= 4 is 34.9 Å². The summed E-state index contributed by atoms with van der Waals surface area (Å²) in [5.74, 6) is -2.69. The molecule has 0 atom stereocenters. The lowest BCUT2D eigenvalue weighted by molar-refractivity contribution is 0.0693. The van der Waals surface area contributed by atoms with Crippen molar-refractivity contribution < 1.29 is 24.2 Å². The molecule has 0 heterocycles. The van der Waals surface area contributed by atoms with Crippen LogP contribution in [0, 0.1) is 5.82 Å². The van der Waals surface area contributed by atoms with Gasteiger partial charge in [-0.15, -0.1) is 0 Å². The zero-order chi connectivity index (χ0) is 17.0. The van der Waals surface area contributed by atoms with Crippen molar-refractivity contribution in [2.75, 3.05) is 5.32 Å². The number of aromatic hydroxyl groups is 1. The third kappa shape index (κ3) is 4.24. The van der Waals surface area contributed by atoms with E-state index in [-0.39, 0.29) is 16.2 Å². The highest BCUT2D eigenvalue weighted by molar-refractivity contribution is 7.80. The average Bonchev–Trinajstić information content (AvgIpc) is 2.47. The second kappa shape index (κ2) is 6.84. The Morgan fingerprint density at radius 1 is 1.09 bits per heavy atom. The molecule has 0 aliphatic carbocycles. The van der Waals surface area contributed by atoms with E-state index in [1.807, 2.05) is 0 Å². The number of thiocarbonyl (C=S) groups is 1. The molecule has 23 heavy (non-hydrogen) atoms. The fraction of sp³-hybridized carbons (Fsp3) is 0. The van der Waals surface area contributed by atoms with Gasteiger partial charge in [0.15, 0.2) is 5.11 Å². The van der Waals surface area contributed by atoms with Gasteiger partial charge in [0.25, 0.3) is 5.91 Å². The van der Waals surface area contributed by atoms with E-state index in [9.17, 15) is 19.1 Å². The number of carbonyl (C=O) groups excluding carboxylic acids is 1. The maximum atomic E-state index is 12.8. The number of carboxylic acids is 1. The lowest BCUT2D eigenvalue weighted by Gasteiger charge is -2.10. The summed E-state index contributed by atoms with van der Waals surface area (Å²) >= 11 is 4.95. The number of rotatable bonds is 3. The quantitative estimate of drug-likeness (QED) is 0.643. The highest BCUT2D eigenvalue weighted by Gasteiger charge is 2.11. The van der Waals surface area contributed by atoms with Gasteiger partial charge in [0.1, 0.15) is 17.1 Å². The minimum Gasteiger partial charge on any atom is -0.507 e. The Bertz CT molecular complexity index is 778. The van der Waals surface area contributed by atoms with Crippen LogP contribution in [-0.2, 0) is 0 Å². The summed E-state index contributed by atoms with van der Waals surface area (Å²) in [7, 11) is 0. The van der Waals surface area contributed by atoms with E-state index in [2.05, 4.69) is 10.6 Å². The lowest BCUT2D eigenvalue weighted by atomic mass is 10.2. The van der Waals surface area contributed by atoms with Gasteiger partial charge in [-0.2, -0.15) is 0 Å². The topological polar surface area (TPSA) is 98.7 Å². The zero-order valence-electron chi connectivity index (χ0n) is 11.5. The van der Waals surface area contributed by atoms with Gasteiger partial charge < -0.3 is 15.5 Å². The second-order valence-corrected chi connectivity index (χ2v) is 4.86. The van der Waals surface area contributed by atoms with Crippen LogP contribution in [0.25, 0.3) is 0 Å². The summed E-state index contributed by atoms with van der Waals surface area (Å²) in [5.41, 5.74) is 0.272. The number of hydrogen-bond acceptors (Lipinski definition) is 4. The van der Waals surface area contributed by atoms with Crippen molar-refractivity contribution in [1.82, 2.24) is 5.32 Å².